The van der Waals surface area contributed by atoms with Gasteiger partial charge in [0, 0.05) is 12.6 Å². The fourth-order valence-electron chi connectivity index (χ4n) is 3.18. The lowest BCUT2D eigenvalue weighted by molar-refractivity contribution is 0.171. The Morgan fingerprint density at radius 3 is 2.67 bits per heavy atom. The zero-order valence-corrected chi connectivity index (χ0v) is 13.2. The molecule has 1 aliphatic carbocycles. The van der Waals surface area contributed by atoms with Crippen molar-refractivity contribution in [3.63, 3.8) is 0 Å². The quantitative estimate of drug-likeness (QED) is 0.829. The van der Waals surface area contributed by atoms with Gasteiger partial charge in [-0.2, -0.15) is 0 Å². The molecule has 1 fully saturated rings. The van der Waals surface area contributed by atoms with Crippen LogP contribution in [0.4, 0.5) is 0 Å². The SMILES string of the molecule is CCCC(C)C(CNC1CC1)c1ccc2c(c1)OCCO2. The van der Waals surface area contributed by atoms with Crippen molar-refractivity contribution in [2.75, 3.05) is 19.8 Å². The molecular weight excluding hydrogens is 262 g/mol. The minimum atomic E-state index is 0.557. The predicted molar refractivity (Wildman–Crippen MR) is 85.3 cm³/mol. The van der Waals surface area contributed by atoms with E-state index in [9.17, 15) is 0 Å². The molecule has 0 saturated heterocycles. The molecule has 1 heterocycles. The number of hydrogen-bond acceptors (Lipinski definition) is 3. The van der Waals surface area contributed by atoms with E-state index < -0.39 is 0 Å². The molecule has 0 bridgehead atoms. The van der Waals surface area contributed by atoms with E-state index in [1.165, 1.54) is 31.2 Å². The van der Waals surface area contributed by atoms with Gasteiger partial charge in [0.25, 0.3) is 0 Å². The topological polar surface area (TPSA) is 30.5 Å². The Kier molecular flexibility index (Phi) is 4.69. The summed E-state index contributed by atoms with van der Waals surface area (Å²) in [6.07, 6.45) is 5.20. The molecule has 2 aliphatic rings. The average Bonchev–Trinajstić information content (AvgIpc) is 3.32. The highest BCUT2D eigenvalue weighted by molar-refractivity contribution is 5.45. The first-order valence-corrected chi connectivity index (χ1v) is 8.41. The van der Waals surface area contributed by atoms with Crippen LogP contribution in [0.1, 0.15) is 51.0 Å². The number of fused-ring (bicyclic) bond motifs is 1. The Balaban J connectivity index is 1.76. The highest BCUT2D eigenvalue weighted by Crippen LogP contribution is 2.36. The lowest BCUT2D eigenvalue weighted by Gasteiger charge is -2.27. The van der Waals surface area contributed by atoms with Gasteiger partial charge < -0.3 is 14.8 Å². The van der Waals surface area contributed by atoms with E-state index in [0.29, 0.717) is 25.0 Å². The predicted octanol–water partition coefficient (Wildman–Crippen LogP) is 3.73. The molecule has 3 nitrogen and oxygen atoms in total. The molecule has 1 aromatic carbocycles. The Bertz CT molecular complexity index is 470. The van der Waals surface area contributed by atoms with E-state index in [2.05, 4.69) is 37.4 Å². The van der Waals surface area contributed by atoms with Crippen molar-refractivity contribution in [3.05, 3.63) is 23.8 Å². The molecule has 0 radical (unpaired) electrons. The van der Waals surface area contributed by atoms with Gasteiger partial charge in [0.1, 0.15) is 13.2 Å². The summed E-state index contributed by atoms with van der Waals surface area (Å²) in [5, 5.41) is 3.70. The van der Waals surface area contributed by atoms with Crippen LogP contribution in [0.5, 0.6) is 11.5 Å². The summed E-state index contributed by atoms with van der Waals surface area (Å²) in [7, 11) is 0. The van der Waals surface area contributed by atoms with Crippen molar-refractivity contribution in [2.45, 2.75) is 51.5 Å². The molecule has 3 heteroatoms. The normalized spacial score (nSPS) is 20.1. The van der Waals surface area contributed by atoms with E-state index >= 15 is 0 Å². The first-order valence-electron chi connectivity index (χ1n) is 8.41. The van der Waals surface area contributed by atoms with Gasteiger partial charge in [0.05, 0.1) is 0 Å². The van der Waals surface area contributed by atoms with E-state index in [1.807, 2.05) is 0 Å². The summed E-state index contributed by atoms with van der Waals surface area (Å²) in [6, 6.07) is 7.25. The Labute approximate surface area is 128 Å². The van der Waals surface area contributed by atoms with Gasteiger partial charge in [0.15, 0.2) is 11.5 Å². The number of benzene rings is 1. The zero-order valence-electron chi connectivity index (χ0n) is 13.2. The first kappa shape index (κ1) is 14.7. The lowest BCUT2D eigenvalue weighted by Crippen LogP contribution is -2.27. The molecule has 116 valence electrons. The van der Waals surface area contributed by atoms with Crippen LogP contribution in [0.3, 0.4) is 0 Å². The maximum atomic E-state index is 5.75. The Morgan fingerprint density at radius 1 is 1.19 bits per heavy atom. The van der Waals surface area contributed by atoms with E-state index in [0.717, 1.165) is 24.1 Å². The molecule has 0 aromatic heterocycles. The first-order chi connectivity index (χ1) is 10.3. The number of hydrogen-bond donors (Lipinski definition) is 1. The fraction of sp³-hybridized carbons (Fsp3) is 0.667. The summed E-state index contributed by atoms with van der Waals surface area (Å²) >= 11 is 0. The van der Waals surface area contributed by atoms with Crippen molar-refractivity contribution >= 4 is 0 Å². The van der Waals surface area contributed by atoms with Gasteiger partial charge >= 0.3 is 0 Å². The van der Waals surface area contributed by atoms with E-state index in [-0.39, 0.29) is 0 Å². The van der Waals surface area contributed by atoms with Crippen LogP contribution in [0, 0.1) is 5.92 Å². The average molecular weight is 289 g/mol. The zero-order chi connectivity index (χ0) is 14.7. The smallest absolute Gasteiger partial charge is 0.161 e. The number of rotatable bonds is 7. The molecule has 1 aromatic rings. The molecule has 3 rings (SSSR count). The van der Waals surface area contributed by atoms with Crippen molar-refractivity contribution in [3.8, 4) is 11.5 Å². The second kappa shape index (κ2) is 6.69. The molecule has 0 amide bonds. The lowest BCUT2D eigenvalue weighted by atomic mass is 9.84. The van der Waals surface area contributed by atoms with Crippen LogP contribution >= 0.6 is 0 Å². The van der Waals surface area contributed by atoms with Gasteiger partial charge in [-0.1, -0.05) is 32.8 Å². The second-order valence-electron chi connectivity index (χ2n) is 6.46. The number of nitrogens with one attached hydrogen (secondary N) is 1. The molecule has 2 atom stereocenters. The summed E-state index contributed by atoms with van der Waals surface area (Å²) in [5.41, 5.74) is 1.38. The van der Waals surface area contributed by atoms with Crippen LogP contribution in [-0.2, 0) is 0 Å². The molecule has 1 N–H and O–H groups in total. The maximum Gasteiger partial charge on any atom is 0.161 e. The van der Waals surface area contributed by atoms with Crippen LogP contribution in [0.2, 0.25) is 0 Å². The standard InChI is InChI=1S/C18H27NO2/c1-3-4-13(2)16(12-19-15-6-7-15)14-5-8-17-18(11-14)21-10-9-20-17/h5,8,11,13,15-16,19H,3-4,6-7,9-10,12H2,1-2H3. The Hall–Kier alpha value is -1.22. The fourth-order valence-corrected chi connectivity index (χ4v) is 3.18. The third kappa shape index (κ3) is 3.70. The molecule has 1 saturated carbocycles. The highest BCUT2D eigenvalue weighted by Gasteiger charge is 2.26. The number of ether oxygens (including phenoxy) is 2. The minimum Gasteiger partial charge on any atom is -0.486 e. The monoisotopic (exact) mass is 289 g/mol. The van der Waals surface area contributed by atoms with Gasteiger partial charge in [-0.25, -0.2) is 0 Å². The minimum absolute atomic E-state index is 0.557. The largest absolute Gasteiger partial charge is 0.486 e. The van der Waals surface area contributed by atoms with Crippen LogP contribution < -0.4 is 14.8 Å². The van der Waals surface area contributed by atoms with Gasteiger partial charge in [0.2, 0.25) is 0 Å². The maximum absolute atomic E-state index is 5.75. The highest BCUT2D eigenvalue weighted by atomic mass is 16.6. The van der Waals surface area contributed by atoms with Gasteiger partial charge in [-0.15, -0.1) is 0 Å². The van der Waals surface area contributed by atoms with E-state index in [4.69, 9.17) is 9.47 Å². The molecule has 21 heavy (non-hydrogen) atoms. The summed E-state index contributed by atoms with van der Waals surface area (Å²) in [6.45, 7) is 7.04. The van der Waals surface area contributed by atoms with Crippen LogP contribution in [-0.4, -0.2) is 25.8 Å². The molecule has 0 spiro atoms. The van der Waals surface area contributed by atoms with Gasteiger partial charge in [-0.3, -0.25) is 0 Å². The van der Waals surface area contributed by atoms with E-state index in [1.54, 1.807) is 0 Å². The molecule has 1 aliphatic heterocycles. The second-order valence-corrected chi connectivity index (χ2v) is 6.46. The van der Waals surface area contributed by atoms with Crippen molar-refractivity contribution < 1.29 is 9.47 Å². The van der Waals surface area contributed by atoms with Crippen molar-refractivity contribution in [1.82, 2.24) is 5.32 Å². The summed E-state index contributed by atoms with van der Waals surface area (Å²) < 4.78 is 11.4. The summed E-state index contributed by atoms with van der Waals surface area (Å²) in [4.78, 5) is 0. The third-order valence-corrected chi connectivity index (χ3v) is 4.63. The van der Waals surface area contributed by atoms with Crippen LogP contribution in [0.25, 0.3) is 0 Å². The Morgan fingerprint density at radius 2 is 1.95 bits per heavy atom. The van der Waals surface area contributed by atoms with Gasteiger partial charge in [-0.05, 0) is 42.4 Å². The summed E-state index contributed by atoms with van der Waals surface area (Å²) in [5.74, 6) is 3.05. The molecular formula is C18H27NO2. The van der Waals surface area contributed by atoms with Crippen LogP contribution in [0.15, 0.2) is 18.2 Å². The van der Waals surface area contributed by atoms with Crippen molar-refractivity contribution in [1.29, 1.82) is 0 Å². The third-order valence-electron chi connectivity index (χ3n) is 4.63. The molecule has 2 unspecified atom stereocenters. The van der Waals surface area contributed by atoms with Crippen molar-refractivity contribution in [2.24, 2.45) is 5.92 Å².